The number of aromatic nitrogens is 2. The lowest BCUT2D eigenvalue weighted by Crippen LogP contribution is -2.31. The van der Waals surface area contributed by atoms with Gasteiger partial charge in [-0.1, -0.05) is 23.2 Å². The molecule has 1 aliphatic rings. The Kier molecular flexibility index (Phi) is 5.03. The zero-order valence-electron chi connectivity index (χ0n) is 13.2. The number of hydrogen-bond acceptors (Lipinski definition) is 6. The first-order valence-corrected chi connectivity index (χ1v) is 8.23. The van der Waals surface area contributed by atoms with Gasteiger partial charge in [0.15, 0.2) is 5.82 Å². The Morgan fingerprint density at radius 1 is 1.30 bits per heavy atom. The van der Waals surface area contributed by atoms with Gasteiger partial charge in [0.2, 0.25) is 0 Å². The highest BCUT2D eigenvalue weighted by Gasteiger charge is 2.17. The second kappa shape index (κ2) is 7.19. The Hall–Kier alpha value is -1.79. The lowest BCUT2D eigenvalue weighted by atomic mass is 10.1. The van der Waals surface area contributed by atoms with Crippen molar-refractivity contribution in [2.75, 3.05) is 32.5 Å². The third-order valence-corrected chi connectivity index (χ3v) is 4.44. The van der Waals surface area contributed by atoms with Gasteiger partial charge in [-0.2, -0.15) is 4.98 Å². The molecule has 0 radical (unpaired) electrons. The Morgan fingerprint density at radius 2 is 2.09 bits per heavy atom. The summed E-state index contributed by atoms with van der Waals surface area (Å²) in [6.07, 6.45) is 4.66. The summed E-state index contributed by atoms with van der Waals surface area (Å²) in [5, 5.41) is 4.50. The molecule has 0 spiro atoms. The smallest absolute Gasteiger partial charge is 0.261 e. The number of nitrogen functional groups attached to an aromatic ring is 1. The molecule has 0 saturated carbocycles. The van der Waals surface area contributed by atoms with Crippen molar-refractivity contribution in [3.05, 3.63) is 23.0 Å². The van der Waals surface area contributed by atoms with Crippen LogP contribution in [0, 0.1) is 0 Å². The third kappa shape index (κ3) is 3.76. The van der Waals surface area contributed by atoms with E-state index in [0.717, 1.165) is 26.1 Å². The normalized spacial score (nSPS) is 15.7. The van der Waals surface area contributed by atoms with E-state index in [1.165, 1.54) is 19.3 Å². The Balaban J connectivity index is 1.72. The molecule has 6 nitrogen and oxygen atoms in total. The van der Waals surface area contributed by atoms with E-state index in [9.17, 15) is 0 Å². The first kappa shape index (κ1) is 16.1. The summed E-state index contributed by atoms with van der Waals surface area (Å²) < 4.78 is 10.7. The summed E-state index contributed by atoms with van der Waals surface area (Å²) in [4.78, 5) is 6.91. The van der Waals surface area contributed by atoms with E-state index in [4.69, 9.17) is 26.6 Å². The first-order valence-electron chi connectivity index (χ1n) is 7.85. The SMILES string of the molecule is COc1cc(N)c(Cl)cc1-c1nc(CCN2CCCCC2)no1. The number of nitrogens with two attached hydrogens (primary N) is 1. The number of likely N-dealkylation sites (tertiary alicyclic amines) is 1. The topological polar surface area (TPSA) is 77.4 Å². The van der Waals surface area contributed by atoms with Crippen LogP contribution in [0.25, 0.3) is 11.5 Å². The molecule has 0 aliphatic carbocycles. The predicted octanol–water partition coefficient (Wildman–Crippen LogP) is 3.01. The minimum absolute atomic E-state index is 0.400. The van der Waals surface area contributed by atoms with Crippen LogP contribution in [0.1, 0.15) is 25.1 Å². The molecule has 0 atom stereocenters. The standard InChI is InChI=1S/C16H21ClN4O2/c1-22-14-10-13(18)12(17)9-11(14)16-19-15(20-23-16)5-8-21-6-3-2-4-7-21/h9-10H,2-8,18H2,1H3. The fourth-order valence-electron chi connectivity index (χ4n) is 2.81. The van der Waals surface area contributed by atoms with Gasteiger partial charge in [-0.15, -0.1) is 0 Å². The number of anilines is 1. The van der Waals surface area contributed by atoms with Crippen LogP contribution >= 0.6 is 11.6 Å². The number of rotatable bonds is 5. The summed E-state index contributed by atoms with van der Waals surface area (Å²) in [7, 11) is 1.57. The summed E-state index contributed by atoms with van der Waals surface area (Å²) in [6.45, 7) is 3.27. The van der Waals surface area contributed by atoms with Gasteiger partial charge in [0.05, 0.1) is 23.4 Å². The highest BCUT2D eigenvalue weighted by atomic mass is 35.5. The highest BCUT2D eigenvalue weighted by molar-refractivity contribution is 6.33. The van der Waals surface area contributed by atoms with Gasteiger partial charge in [0.25, 0.3) is 5.89 Å². The maximum atomic E-state index is 6.09. The van der Waals surface area contributed by atoms with Gasteiger partial charge in [-0.25, -0.2) is 0 Å². The fourth-order valence-corrected chi connectivity index (χ4v) is 2.97. The second-order valence-corrected chi connectivity index (χ2v) is 6.15. The maximum Gasteiger partial charge on any atom is 0.261 e. The number of nitrogens with zero attached hydrogens (tertiary/aromatic N) is 3. The van der Waals surface area contributed by atoms with E-state index in [0.29, 0.717) is 33.7 Å². The number of piperidine rings is 1. The van der Waals surface area contributed by atoms with Crippen molar-refractivity contribution in [3.63, 3.8) is 0 Å². The molecule has 1 aromatic carbocycles. The molecule has 2 aromatic rings. The molecule has 0 bridgehead atoms. The van der Waals surface area contributed by atoms with Crippen LogP contribution in [0.5, 0.6) is 5.75 Å². The minimum atomic E-state index is 0.400. The molecule has 1 saturated heterocycles. The van der Waals surface area contributed by atoms with Crippen molar-refractivity contribution in [1.29, 1.82) is 0 Å². The van der Waals surface area contributed by atoms with E-state index in [1.807, 2.05) is 0 Å². The molecular weight excluding hydrogens is 316 g/mol. The Bertz CT molecular complexity index is 668. The van der Waals surface area contributed by atoms with Crippen LogP contribution in [-0.4, -0.2) is 41.8 Å². The van der Waals surface area contributed by atoms with Gasteiger partial charge in [0, 0.05) is 19.0 Å². The van der Waals surface area contributed by atoms with Crippen molar-refractivity contribution in [2.45, 2.75) is 25.7 Å². The number of hydrogen-bond donors (Lipinski definition) is 1. The van der Waals surface area contributed by atoms with Gasteiger partial charge in [-0.3, -0.25) is 0 Å². The first-order chi connectivity index (χ1) is 11.2. The van der Waals surface area contributed by atoms with E-state index in [-0.39, 0.29) is 0 Å². The summed E-state index contributed by atoms with van der Waals surface area (Å²) in [6, 6.07) is 3.35. The molecule has 1 aliphatic heterocycles. The molecule has 1 fully saturated rings. The van der Waals surface area contributed by atoms with Crippen molar-refractivity contribution < 1.29 is 9.26 Å². The minimum Gasteiger partial charge on any atom is -0.496 e. The maximum absolute atomic E-state index is 6.09. The number of benzene rings is 1. The predicted molar refractivity (Wildman–Crippen MR) is 89.7 cm³/mol. The molecule has 0 unspecified atom stereocenters. The van der Waals surface area contributed by atoms with Crippen LogP contribution in [0.4, 0.5) is 5.69 Å². The van der Waals surface area contributed by atoms with Crippen molar-refractivity contribution in [3.8, 4) is 17.2 Å². The van der Waals surface area contributed by atoms with Gasteiger partial charge in [0.1, 0.15) is 5.75 Å². The summed E-state index contributed by atoms with van der Waals surface area (Å²) >= 11 is 6.09. The monoisotopic (exact) mass is 336 g/mol. The fraction of sp³-hybridized carbons (Fsp3) is 0.500. The van der Waals surface area contributed by atoms with Gasteiger partial charge < -0.3 is 19.9 Å². The Morgan fingerprint density at radius 3 is 2.83 bits per heavy atom. The quantitative estimate of drug-likeness (QED) is 0.846. The highest BCUT2D eigenvalue weighted by Crippen LogP contribution is 2.35. The van der Waals surface area contributed by atoms with E-state index in [1.54, 1.807) is 19.2 Å². The number of methoxy groups -OCH3 is 1. The van der Waals surface area contributed by atoms with E-state index < -0.39 is 0 Å². The lowest BCUT2D eigenvalue weighted by molar-refractivity contribution is 0.229. The Labute approximate surface area is 140 Å². The van der Waals surface area contributed by atoms with E-state index >= 15 is 0 Å². The number of halogens is 1. The molecule has 23 heavy (non-hydrogen) atoms. The van der Waals surface area contributed by atoms with E-state index in [2.05, 4.69) is 15.0 Å². The molecule has 3 rings (SSSR count). The number of ether oxygens (including phenoxy) is 1. The summed E-state index contributed by atoms with van der Waals surface area (Å²) in [5.74, 6) is 1.66. The average molecular weight is 337 g/mol. The molecular formula is C16H21ClN4O2. The lowest BCUT2D eigenvalue weighted by Gasteiger charge is -2.25. The molecule has 1 aromatic heterocycles. The van der Waals surface area contributed by atoms with Crippen molar-refractivity contribution in [2.24, 2.45) is 0 Å². The van der Waals surface area contributed by atoms with Gasteiger partial charge in [-0.05, 0) is 32.0 Å². The third-order valence-electron chi connectivity index (χ3n) is 4.12. The summed E-state index contributed by atoms with van der Waals surface area (Å²) in [5.41, 5.74) is 6.91. The zero-order chi connectivity index (χ0) is 16.2. The van der Waals surface area contributed by atoms with Crippen LogP contribution in [0.3, 0.4) is 0 Å². The molecule has 2 N–H and O–H groups in total. The molecule has 7 heteroatoms. The van der Waals surface area contributed by atoms with Gasteiger partial charge >= 0.3 is 0 Å². The molecule has 2 heterocycles. The van der Waals surface area contributed by atoms with Crippen LogP contribution in [0.2, 0.25) is 5.02 Å². The largest absolute Gasteiger partial charge is 0.496 e. The van der Waals surface area contributed by atoms with Crippen molar-refractivity contribution in [1.82, 2.24) is 15.0 Å². The second-order valence-electron chi connectivity index (χ2n) is 5.74. The van der Waals surface area contributed by atoms with Crippen LogP contribution in [-0.2, 0) is 6.42 Å². The zero-order valence-corrected chi connectivity index (χ0v) is 14.0. The van der Waals surface area contributed by atoms with Crippen molar-refractivity contribution >= 4 is 17.3 Å². The average Bonchev–Trinajstić information content (AvgIpc) is 3.05. The van der Waals surface area contributed by atoms with Crippen LogP contribution in [0.15, 0.2) is 16.7 Å². The molecule has 0 amide bonds. The van der Waals surface area contributed by atoms with Crippen LogP contribution < -0.4 is 10.5 Å². The molecule has 124 valence electrons.